The normalized spacial score (nSPS) is 12.9. The first-order chi connectivity index (χ1) is 8.35. The highest BCUT2D eigenvalue weighted by molar-refractivity contribution is 4.59. The Morgan fingerprint density at radius 2 is 1.53 bits per heavy atom. The third-order valence-corrected chi connectivity index (χ3v) is 3.31. The predicted molar refractivity (Wildman–Crippen MR) is 76.3 cm³/mol. The molecular weight excluding hydrogens is 210 g/mol. The first-order valence-corrected chi connectivity index (χ1v) is 7.62. The predicted octanol–water partition coefficient (Wildman–Crippen LogP) is 4.13. The van der Waals surface area contributed by atoms with Crippen LogP contribution >= 0.6 is 0 Å². The fraction of sp³-hybridized carbons (Fsp3) is 1.00. The molecule has 0 heterocycles. The summed E-state index contributed by atoms with van der Waals surface area (Å²) in [5.74, 6) is 0.935. The second kappa shape index (κ2) is 14.0. The lowest BCUT2D eigenvalue weighted by Crippen LogP contribution is -2.07. The van der Waals surface area contributed by atoms with Crippen molar-refractivity contribution in [2.45, 2.75) is 71.6 Å². The van der Waals surface area contributed by atoms with Crippen LogP contribution in [0.15, 0.2) is 0 Å². The van der Waals surface area contributed by atoms with Crippen LogP contribution in [0.4, 0.5) is 0 Å². The molecule has 2 heteroatoms. The van der Waals surface area contributed by atoms with Crippen molar-refractivity contribution < 1.29 is 4.74 Å². The number of unbranched alkanes of at least 4 members (excludes halogenated alkanes) is 2. The van der Waals surface area contributed by atoms with Crippen LogP contribution in [0.1, 0.15) is 71.6 Å². The molecule has 104 valence electrons. The summed E-state index contributed by atoms with van der Waals surface area (Å²) >= 11 is 0. The molecule has 0 aliphatic rings. The Bertz CT molecular complexity index is 139. The summed E-state index contributed by atoms with van der Waals surface area (Å²) in [6.45, 7) is 7.08. The van der Waals surface area contributed by atoms with Crippen molar-refractivity contribution in [3.05, 3.63) is 0 Å². The lowest BCUT2D eigenvalue weighted by atomic mass is 9.92. The van der Waals surface area contributed by atoms with Gasteiger partial charge in [-0.2, -0.15) is 0 Å². The van der Waals surface area contributed by atoms with Crippen molar-refractivity contribution in [2.24, 2.45) is 11.7 Å². The van der Waals surface area contributed by atoms with E-state index in [0.717, 1.165) is 32.1 Å². The van der Waals surface area contributed by atoms with E-state index >= 15 is 0 Å². The molecule has 0 bridgehead atoms. The average Bonchev–Trinajstić information content (AvgIpc) is 2.34. The van der Waals surface area contributed by atoms with Crippen LogP contribution in [0.25, 0.3) is 0 Å². The van der Waals surface area contributed by atoms with Crippen molar-refractivity contribution in [3.63, 3.8) is 0 Å². The average molecular weight is 243 g/mol. The Kier molecular flexibility index (Phi) is 13.9. The van der Waals surface area contributed by atoms with Crippen molar-refractivity contribution in [1.82, 2.24) is 0 Å². The second-order valence-corrected chi connectivity index (χ2v) is 5.05. The largest absolute Gasteiger partial charge is 0.381 e. The van der Waals surface area contributed by atoms with Gasteiger partial charge in [0.25, 0.3) is 0 Å². The topological polar surface area (TPSA) is 35.2 Å². The molecule has 0 aliphatic heterocycles. The standard InChI is InChI=1S/C15H33NO/c1-3-5-6-10-15(9-4-2)11-7-13-17-14-8-12-16/h15H,3-14,16H2,1-2H3. The quantitative estimate of drug-likeness (QED) is 0.494. The van der Waals surface area contributed by atoms with E-state index in [9.17, 15) is 0 Å². The van der Waals surface area contributed by atoms with Crippen LogP contribution in [-0.2, 0) is 4.74 Å². The van der Waals surface area contributed by atoms with E-state index in [2.05, 4.69) is 13.8 Å². The van der Waals surface area contributed by atoms with Gasteiger partial charge in [-0.25, -0.2) is 0 Å². The van der Waals surface area contributed by atoms with Gasteiger partial charge in [0, 0.05) is 13.2 Å². The molecule has 17 heavy (non-hydrogen) atoms. The van der Waals surface area contributed by atoms with E-state index in [1.807, 2.05) is 0 Å². The zero-order chi connectivity index (χ0) is 12.8. The fourth-order valence-corrected chi connectivity index (χ4v) is 2.29. The molecule has 1 atom stereocenters. The number of hydrogen-bond donors (Lipinski definition) is 1. The number of nitrogens with two attached hydrogens (primary N) is 1. The molecule has 0 rings (SSSR count). The summed E-state index contributed by atoms with van der Waals surface area (Å²) < 4.78 is 5.55. The van der Waals surface area contributed by atoms with Crippen LogP contribution in [0.5, 0.6) is 0 Å². The van der Waals surface area contributed by atoms with Crippen LogP contribution in [0, 0.1) is 5.92 Å². The number of rotatable bonds is 13. The van der Waals surface area contributed by atoms with E-state index in [1.54, 1.807) is 0 Å². The van der Waals surface area contributed by atoms with E-state index in [-0.39, 0.29) is 0 Å². The Morgan fingerprint density at radius 1 is 0.824 bits per heavy atom. The first-order valence-electron chi connectivity index (χ1n) is 7.62. The number of hydrogen-bond acceptors (Lipinski definition) is 2. The van der Waals surface area contributed by atoms with Crippen molar-refractivity contribution in [3.8, 4) is 0 Å². The van der Waals surface area contributed by atoms with Gasteiger partial charge < -0.3 is 10.5 Å². The van der Waals surface area contributed by atoms with Crippen LogP contribution < -0.4 is 5.73 Å². The monoisotopic (exact) mass is 243 g/mol. The third-order valence-electron chi connectivity index (χ3n) is 3.31. The summed E-state index contributed by atoms with van der Waals surface area (Å²) in [5, 5.41) is 0. The summed E-state index contributed by atoms with van der Waals surface area (Å²) in [6.07, 6.45) is 11.8. The summed E-state index contributed by atoms with van der Waals surface area (Å²) in [5.41, 5.74) is 5.42. The van der Waals surface area contributed by atoms with Crippen LogP contribution in [0.3, 0.4) is 0 Å². The molecule has 0 radical (unpaired) electrons. The SMILES string of the molecule is CCCCCC(CCC)CCCOCCCN. The van der Waals surface area contributed by atoms with Gasteiger partial charge in [0.15, 0.2) is 0 Å². The highest BCUT2D eigenvalue weighted by Crippen LogP contribution is 2.20. The van der Waals surface area contributed by atoms with Gasteiger partial charge >= 0.3 is 0 Å². The molecule has 2 nitrogen and oxygen atoms in total. The fourth-order valence-electron chi connectivity index (χ4n) is 2.29. The van der Waals surface area contributed by atoms with Crippen molar-refractivity contribution in [1.29, 1.82) is 0 Å². The van der Waals surface area contributed by atoms with Crippen molar-refractivity contribution >= 4 is 0 Å². The second-order valence-electron chi connectivity index (χ2n) is 5.05. The number of ether oxygens (including phenoxy) is 1. The van der Waals surface area contributed by atoms with E-state index in [0.29, 0.717) is 0 Å². The molecule has 1 unspecified atom stereocenters. The molecule has 0 aromatic heterocycles. The molecule has 0 saturated heterocycles. The molecule has 0 fully saturated rings. The van der Waals surface area contributed by atoms with Crippen LogP contribution in [0.2, 0.25) is 0 Å². The zero-order valence-electron chi connectivity index (χ0n) is 12.0. The highest BCUT2D eigenvalue weighted by atomic mass is 16.5. The van der Waals surface area contributed by atoms with Gasteiger partial charge in [-0.15, -0.1) is 0 Å². The van der Waals surface area contributed by atoms with Gasteiger partial charge in [0.05, 0.1) is 0 Å². The van der Waals surface area contributed by atoms with Crippen LogP contribution in [-0.4, -0.2) is 19.8 Å². The van der Waals surface area contributed by atoms with E-state index in [4.69, 9.17) is 10.5 Å². The molecule has 0 saturated carbocycles. The molecule has 0 amide bonds. The molecule has 2 N–H and O–H groups in total. The lowest BCUT2D eigenvalue weighted by molar-refractivity contribution is 0.124. The Balaban J connectivity index is 3.41. The van der Waals surface area contributed by atoms with E-state index in [1.165, 1.54) is 51.4 Å². The minimum atomic E-state index is 0.746. The minimum absolute atomic E-state index is 0.746. The molecule has 0 aromatic rings. The summed E-state index contributed by atoms with van der Waals surface area (Å²) in [4.78, 5) is 0. The zero-order valence-corrected chi connectivity index (χ0v) is 12.0. The maximum Gasteiger partial charge on any atom is 0.0478 e. The maximum absolute atomic E-state index is 5.55. The first kappa shape index (κ1) is 16.9. The smallest absolute Gasteiger partial charge is 0.0478 e. The Morgan fingerprint density at radius 3 is 2.18 bits per heavy atom. The minimum Gasteiger partial charge on any atom is -0.381 e. The van der Waals surface area contributed by atoms with E-state index < -0.39 is 0 Å². The third kappa shape index (κ3) is 12.2. The Hall–Kier alpha value is -0.0800. The van der Waals surface area contributed by atoms with Crippen molar-refractivity contribution in [2.75, 3.05) is 19.8 Å². The summed E-state index contributed by atoms with van der Waals surface area (Å²) in [6, 6.07) is 0. The molecular formula is C15H33NO. The molecule has 0 aliphatic carbocycles. The van der Waals surface area contributed by atoms with Gasteiger partial charge in [0.1, 0.15) is 0 Å². The van der Waals surface area contributed by atoms with Gasteiger partial charge in [-0.1, -0.05) is 52.4 Å². The summed E-state index contributed by atoms with van der Waals surface area (Å²) in [7, 11) is 0. The lowest BCUT2D eigenvalue weighted by Gasteiger charge is -2.15. The van der Waals surface area contributed by atoms with Gasteiger partial charge in [-0.3, -0.25) is 0 Å². The molecule has 0 aromatic carbocycles. The van der Waals surface area contributed by atoms with Gasteiger partial charge in [-0.05, 0) is 31.7 Å². The molecule has 0 spiro atoms. The highest BCUT2D eigenvalue weighted by Gasteiger charge is 2.07. The Labute approximate surface area is 108 Å². The maximum atomic E-state index is 5.55. The van der Waals surface area contributed by atoms with Gasteiger partial charge in [0.2, 0.25) is 0 Å².